The van der Waals surface area contributed by atoms with Crippen molar-refractivity contribution in [2.24, 2.45) is 0 Å². The SMILES string of the molecule is CCOC(=O)C(C)OC(=O)C(C)Oc1cc(N2C(=O)N(C)C(S)N(C)C2=O)c(F)cc1Cl. The molecule has 0 saturated carbocycles. The molecule has 10 nitrogen and oxygen atoms in total. The first kappa shape index (κ1) is 25.5. The molecule has 0 bridgehead atoms. The standard InChI is InChI=1S/C19H23ClFN3O7S/c1-6-29-15(25)9(2)31-16(26)10(3)30-14-8-13(12(21)7-11(14)20)24-17(27)22(4)19(32)23(5)18(24)28/h7-10,19,32H,6H2,1-5H3. The van der Waals surface area contributed by atoms with E-state index in [0.717, 1.165) is 21.9 Å². The lowest BCUT2D eigenvalue weighted by Gasteiger charge is -2.41. The predicted molar refractivity (Wildman–Crippen MR) is 115 cm³/mol. The lowest BCUT2D eigenvalue weighted by atomic mass is 10.2. The average molecular weight is 492 g/mol. The van der Waals surface area contributed by atoms with Crippen LogP contribution in [0.2, 0.25) is 5.02 Å². The summed E-state index contributed by atoms with van der Waals surface area (Å²) < 4.78 is 29.9. The summed E-state index contributed by atoms with van der Waals surface area (Å²) in [6.45, 7) is 4.38. The van der Waals surface area contributed by atoms with Gasteiger partial charge in [0.05, 0.1) is 17.3 Å². The zero-order chi connectivity index (χ0) is 24.3. The number of imide groups is 1. The first-order valence-electron chi connectivity index (χ1n) is 9.45. The summed E-state index contributed by atoms with van der Waals surface area (Å²) in [5, 5.41) is -0.213. The normalized spacial score (nSPS) is 16.7. The fourth-order valence-electron chi connectivity index (χ4n) is 2.66. The number of urea groups is 2. The van der Waals surface area contributed by atoms with Crippen LogP contribution in [0.5, 0.6) is 5.75 Å². The summed E-state index contributed by atoms with van der Waals surface area (Å²) in [5.74, 6) is -2.78. The van der Waals surface area contributed by atoms with E-state index in [1.807, 2.05) is 0 Å². The minimum absolute atomic E-state index is 0.118. The molecule has 2 unspecified atom stereocenters. The molecule has 0 aromatic heterocycles. The Labute approximate surface area is 194 Å². The zero-order valence-electron chi connectivity index (χ0n) is 18.0. The minimum atomic E-state index is -1.26. The Morgan fingerprint density at radius 1 is 1.12 bits per heavy atom. The monoisotopic (exact) mass is 491 g/mol. The third kappa shape index (κ3) is 5.18. The van der Waals surface area contributed by atoms with Crippen molar-refractivity contribution in [2.75, 3.05) is 25.6 Å². The number of esters is 2. The van der Waals surface area contributed by atoms with Gasteiger partial charge in [0.25, 0.3) is 0 Å². The highest BCUT2D eigenvalue weighted by molar-refractivity contribution is 7.80. The Kier molecular flexibility index (Phi) is 8.18. The number of anilines is 1. The largest absolute Gasteiger partial charge is 0.477 e. The maximum atomic E-state index is 14.7. The molecule has 2 rings (SSSR count). The second-order valence-electron chi connectivity index (χ2n) is 6.79. The smallest absolute Gasteiger partial charge is 0.347 e. The van der Waals surface area contributed by atoms with Gasteiger partial charge >= 0.3 is 24.0 Å². The number of hydrogen-bond acceptors (Lipinski definition) is 8. The Morgan fingerprint density at radius 3 is 2.22 bits per heavy atom. The van der Waals surface area contributed by atoms with Crippen LogP contribution in [-0.2, 0) is 19.1 Å². The molecule has 1 aromatic carbocycles. The van der Waals surface area contributed by atoms with E-state index >= 15 is 0 Å². The molecule has 176 valence electrons. The maximum Gasteiger partial charge on any atom is 0.347 e. The number of nitrogens with zero attached hydrogens (tertiary/aromatic N) is 3. The number of benzene rings is 1. The highest BCUT2D eigenvalue weighted by Gasteiger charge is 2.41. The molecule has 0 N–H and O–H groups in total. The highest BCUT2D eigenvalue weighted by atomic mass is 35.5. The van der Waals surface area contributed by atoms with Crippen LogP contribution < -0.4 is 9.64 Å². The van der Waals surface area contributed by atoms with Gasteiger partial charge in [-0.2, -0.15) is 0 Å². The first-order valence-corrected chi connectivity index (χ1v) is 10.3. The molecule has 0 radical (unpaired) electrons. The van der Waals surface area contributed by atoms with E-state index in [1.54, 1.807) is 6.92 Å². The molecule has 0 spiro atoms. The number of amides is 4. The number of carbonyl (C=O) groups excluding carboxylic acids is 4. The molecule has 1 saturated heterocycles. The third-order valence-corrected chi connectivity index (χ3v) is 5.46. The predicted octanol–water partition coefficient (Wildman–Crippen LogP) is 2.88. The van der Waals surface area contributed by atoms with Gasteiger partial charge in [-0.05, 0) is 26.8 Å². The number of ether oxygens (including phenoxy) is 3. The van der Waals surface area contributed by atoms with Gasteiger partial charge < -0.3 is 14.2 Å². The van der Waals surface area contributed by atoms with Crippen LogP contribution in [0.1, 0.15) is 20.8 Å². The molecular weight excluding hydrogens is 469 g/mol. The molecule has 2 atom stereocenters. The number of hydrogen-bond donors (Lipinski definition) is 1. The lowest BCUT2D eigenvalue weighted by molar-refractivity contribution is -0.170. The molecule has 1 heterocycles. The Hall–Kier alpha value is -2.73. The van der Waals surface area contributed by atoms with E-state index in [2.05, 4.69) is 12.6 Å². The quantitative estimate of drug-likeness (QED) is 0.461. The third-order valence-electron chi connectivity index (χ3n) is 4.47. The number of halogens is 2. The Balaban J connectivity index is 2.27. The van der Waals surface area contributed by atoms with Gasteiger partial charge in [-0.25, -0.2) is 28.5 Å². The summed E-state index contributed by atoms with van der Waals surface area (Å²) in [6.07, 6.45) is -2.43. The van der Waals surface area contributed by atoms with Gasteiger partial charge in [0.15, 0.2) is 17.7 Å². The van der Waals surface area contributed by atoms with Crippen molar-refractivity contribution in [1.29, 1.82) is 0 Å². The van der Waals surface area contributed by atoms with Crippen molar-refractivity contribution >= 4 is 53.9 Å². The van der Waals surface area contributed by atoms with E-state index in [9.17, 15) is 23.6 Å². The van der Waals surface area contributed by atoms with Crippen molar-refractivity contribution in [3.63, 3.8) is 0 Å². The van der Waals surface area contributed by atoms with Gasteiger partial charge in [-0.1, -0.05) is 11.6 Å². The van der Waals surface area contributed by atoms with E-state index in [0.29, 0.717) is 4.90 Å². The summed E-state index contributed by atoms with van der Waals surface area (Å²) in [7, 11) is 2.79. The summed E-state index contributed by atoms with van der Waals surface area (Å²) in [5.41, 5.74) is -1.27. The van der Waals surface area contributed by atoms with Crippen LogP contribution in [0.3, 0.4) is 0 Å². The second-order valence-corrected chi connectivity index (χ2v) is 7.66. The van der Waals surface area contributed by atoms with Crippen LogP contribution in [0.4, 0.5) is 19.7 Å². The molecule has 1 fully saturated rings. The molecular formula is C19H23ClFN3O7S. The van der Waals surface area contributed by atoms with Crippen molar-refractivity contribution in [2.45, 2.75) is 38.5 Å². The van der Waals surface area contributed by atoms with E-state index in [4.69, 9.17) is 25.8 Å². The Bertz CT molecular complexity index is 912. The van der Waals surface area contributed by atoms with Crippen LogP contribution >= 0.6 is 24.2 Å². The summed E-state index contributed by atoms with van der Waals surface area (Å²) in [6, 6.07) is 0.220. The second kappa shape index (κ2) is 10.3. The highest BCUT2D eigenvalue weighted by Crippen LogP contribution is 2.35. The molecule has 13 heteroatoms. The average Bonchev–Trinajstić information content (AvgIpc) is 2.73. The van der Waals surface area contributed by atoms with Gasteiger partial charge in [-0.3, -0.25) is 9.80 Å². The molecule has 1 aliphatic heterocycles. The number of rotatable bonds is 7. The molecule has 32 heavy (non-hydrogen) atoms. The first-order chi connectivity index (χ1) is 14.9. The maximum absolute atomic E-state index is 14.7. The van der Waals surface area contributed by atoms with Crippen LogP contribution in [0.15, 0.2) is 12.1 Å². The molecule has 1 aromatic rings. The molecule has 1 aliphatic rings. The van der Waals surface area contributed by atoms with Gasteiger partial charge in [-0.15, -0.1) is 12.6 Å². The van der Waals surface area contributed by atoms with Crippen molar-refractivity contribution in [1.82, 2.24) is 9.80 Å². The van der Waals surface area contributed by atoms with E-state index in [-0.39, 0.29) is 17.4 Å². The topological polar surface area (TPSA) is 106 Å². The van der Waals surface area contributed by atoms with Gasteiger partial charge in [0.1, 0.15) is 11.6 Å². The van der Waals surface area contributed by atoms with Crippen LogP contribution in [0.25, 0.3) is 0 Å². The van der Waals surface area contributed by atoms with Crippen molar-refractivity contribution < 1.29 is 37.8 Å². The van der Waals surface area contributed by atoms with E-state index < -0.39 is 53.2 Å². The summed E-state index contributed by atoms with van der Waals surface area (Å²) >= 11 is 10.2. The van der Waals surface area contributed by atoms with Gasteiger partial charge in [0.2, 0.25) is 0 Å². The lowest BCUT2D eigenvalue weighted by Crippen LogP contribution is -2.62. The fraction of sp³-hybridized carbons (Fsp3) is 0.474. The summed E-state index contributed by atoms with van der Waals surface area (Å²) in [4.78, 5) is 51.9. The Morgan fingerprint density at radius 2 is 1.69 bits per heavy atom. The molecule has 0 aliphatic carbocycles. The molecule has 4 amide bonds. The van der Waals surface area contributed by atoms with Gasteiger partial charge in [0, 0.05) is 20.2 Å². The zero-order valence-corrected chi connectivity index (χ0v) is 19.6. The number of carbonyl (C=O) groups is 4. The van der Waals surface area contributed by atoms with Crippen LogP contribution in [0, 0.1) is 5.82 Å². The fourth-order valence-corrected chi connectivity index (χ4v) is 3.05. The van der Waals surface area contributed by atoms with Crippen molar-refractivity contribution in [3.8, 4) is 5.75 Å². The van der Waals surface area contributed by atoms with Crippen molar-refractivity contribution in [3.05, 3.63) is 23.0 Å². The number of thiol groups is 1. The van der Waals surface area contributed by atoms with Crippen LogP contribution in [-0.4, -0.2) is 72.2 Å². The minimum Gasteiger partial charge on any atom is -0.477 e. The van der Waals surface area contributed by atoms with E-state index in [1.165, 1.54) is 27.9 Å².